The van der Waals surface area contributed by atoms with Crippen LogP contribution in [0, 0.1) is 5.82 Å². The van der Waals surface area contributed by atoms with Crippen LogP contribution in [0.2, 0.25) is 10.0 Å². The first kappa shape index (κ1) is 19.8. The molecule has 2 aromatic rings. The molecule has 0 heterocycles. The van der Waals surface area contributed by atoms with E-state index in [9.17, 15) is 14.0 Å². The molecule has 138 valence electrons. The maximum Gasteiger partial charge on any atom is 0.279 e. The van der Waals surface area contributed by atoms with Gasteiger partial charge >= 0.3 is 0 Å². The second-order valence-corrected chi connectivity index (χ2v) is 5.93. The van der Waals surface area contributed by atoms with Crippen LogP contribution in [0.3, 0.4) is 0 Å². The van der Waals surface area contributed by atoms with E-state index in [0.29, 0.717) is 5.02 Å². The predicted molar refractivity (Wildman–Crippen MR) is 94.7 cm³/mol. The van der Waals surface area contributed by atoms with E-state index in [1.54, 1.807) is 12.1 Å². The highest BCUT2D eigenvalue weighted by Crippen LogP contribution is 2.27. The van der Waals surface area contributed by atoms with Crippen LogP contribution in [0.4, 0.5) is 4.39 Å². The van der Waals surface area contributed by atoms with Gasteiger partial charge in [-0.25, -0.2) is 4.39 Å². The Morgan fingerprint density at radius 3 is 2.54 bits per heavy atom. The highest BCUT2D eigenvalue weighted by Gasteiger charge is 2.17. The van der Waals surface area contributed by atoms with Crippen LogP contribution in [0.1, 0.15) is 6.92 Å². The Morgan fingerprint density at radius 2 is 1.85 bits per heavy atom. The molecule has 0 aliphatic rings. The van der Waals surface area contributed by atoms with Crippen molar-refractivity contribution in [3.05, 3.63) is 58.3 Å². The minimum Gasteiger partial charge on any atom is -0.482 e. The number of benzene rings is 2. The lowest BCUT2D eigenvalue weighted by Crippen LogP contribution is -2.48. The van der Waals surface area contributed by atoms with Crippen LogP contribution in [-0.4, -0.2) is 24.5 Å². The Balaban J connectivity index is 1.77. The van der Waals surface area contributed by atoms with Gasteiger partial charge in [-0.2, -0.15) is 0 Å². The molecule has 0 radical (unpaired) electrons. The summed E-state index contributed by atoms with van der Waals surface area (Å²) in [4.78, 5) is 23.6. The van der Waals surface area contributed by atoms with Crippen LogP contribution in [0.25, 0.3) is 0 Å². The first-order valence-electron chi connectivity index (χ1n) is 7.44. The molecule has 0 bridgehead atoms. The number of rotatable bonds is 6. The molecule has 9 heteroatoms. The third-order valence-corrected chi connectivity index (χ3v) is 3.62. The standard InChI is InChI=1S/C17H15Cl2FN2O4/c1-10(26-15-5-3-2-4-13(15)20)17(24)22-21-16(23)9-25-14-7-6-11(18)8-12(14)19/h2-8,10H,9H2,1H3,(H,21,23)(H,22,24). The van der Waals surface area contributed by atoms with Crippen molar-refractivity contribution in [2.75, 3.05) is 6.61 Å². The maximum atomic E-state index is 13.5. The van der Waals surface area contributed by atoms with Gasteiger partial charge in [0, 0.05) is 5.02 Å². The van der Waals surface area contributed by atoms with E-state index in [0.717, 1.165) is 0 Å². The quantitative estimate of drug-likeness (QED) is 0.730. The van der Waals surface area contributed by atoms with Gasteiger partial charge in [0.1, 0.15) is 5.75 Å². The van der Waals surface area contributed by atoms with Gasteiger partial charge < -0.3 is 9.47 Å². The molecule has 0 spiro atoms. The Morgan fingerprint density at radius 1 is 1.12 bits per heavy atom. The number of para-hydroxylation sites is 1. The van der Waals surface area contributed by atoms with E-state index in [2.05, 4.69) is 10.9 Å². The molecule has 1 atom stereocenters. The predicted octanol–water partition coefficient (Wildman–Crippen LogP) is 3.13. The Bertz CT molecular complexity index is 804. The monoisotopic (exact) mass is 400 g/mol. The van der Waals surface area contributed by atoms with Crippen molar-refractivity contribution in [3.8, 4) is 11.5 Å². The fraction of sp³-hybridized carbons (Fsp3) is 0.176. The normalized spacial score (nSPS) is 11.4. The Labute approximate surface area is 159 Å². The molecule has 1 unspecified atom stereocenters. The number of ether oxygens (including phenoxy) is 2. The van der Waals surface area contributed by atoms with Crippen LogP contribution in [0.15, 0.2) is 42.5 Å². The molecule has 0 aliphatic carbocycles. The molecule has 0 aromatic heterocycles. The number of carbonyl (C=O) groups excluding carboxylic acids is 2. The summed E-state index contributed by atoms with van der Waals surface area (Å²) in [7, 11) is 0. The van der Waals surface area contributed by atoms with Gasteiger partial charge in [-0.05, 0) is 37.3 Å². The van der Waals surface area contributed by atoms with Gasteiger partial charge in [-0.15, -0.1) is 0 Å². The molecule has 26 heavy (non-hydrogen) atoms. The van der Waals surface area contributed by atoms with E-state index in [1.807, 2.05) is 0 Å². The fourth-order valence-electron chi connectivity index (χ4n) is 1.79. The number of amides is 2. The van der Waals surface area contributed by atoms with Crippen molar-refractivity contribution in [3.63, 3.8) is 0 Å². The van der Waals surface area contributed by atoms with Crippen molar-refractivity contribution in [2.45, 2.75) is 13.0 Å². The van der Waals surface area contributed by atoms with Crippen LogP contribution >= 0.6 is 23.2 Å². The first-order chi connectivity index (χ1) is 12.4. The minimum absolute atomic E-state index is 0.0674. The molecule has 2 N–H and O–H groups in total. The second kappa shape index (κ2) is 9.26. The largest absolute Gasteiger partial charge is 0.482 e. The summed E-state index contributed by atoms with van der Waals surface area (Å²) in [6, 6.07) is 10.2. The van der Waals surface area contributed by atoms with Gasteiger partial charge in [0.05, 0.1) is 5.02 Å². The number of hydrogen-bond acceptors (Lipinski definition) is 4. The molecule has 2 aromatic carbocycles. The van der Waals surface area contributed by atoms with Crippen LogP contribution in [0.5, 0.6) is 11.5 Å². The van der Waals surface area contributed by atoms with Crippen molar-refractivity contribution in [1.82, 2.24) is 10.9 Å². The second-order valence-electron chi connectivity index (χ2n) is 5.09. The summed E-state index contributed by atoms with van der Waals surface area (Å²) in [6.45, 7) is 1.03. The van der Waals surface area contributed by atoms with E-state index < -0.39 is 23.7 Å². The van der Waals surface area contributed by atoms with Crippen molar-refractivity contribution >= 4 is 35.0 Å². The molecule has 2 amide bonds. The number of hydrazine groups is 1. The summed E-state index contributed by atoms with van der Waals surface area (Å²) < 4.78 is 23.9. The van der Waals surface area contributed by atoms with Gasteiger partial charge in [0.2, 0.25) is 0 Å². The third kappa shape index (κ3) is 5.79. The highest BCUT2D eigenvalue weighted by atomic mass is 35.5. The van der Waals surface area contributed by atoms with Gasteiger partial charge in [-0.3, -0.25) is 20.4 Å². The summed E-state index contributed by atoms with van der Waals surface area (Å²) in [5, 5.41) is 0.684. The smallest absolute Gasteiger partial charge is 0.279 e. The topological polar surface area (TPSA) is 76.7 Å². The van der Waals surface area contributed by atoms with Crippen molar-refractivity contribution in [1.29, 1.82) is 0 Å². The summed E-state index contributed by atoms with van der Waals surface area (Å²) in [6.07, 6.45) is -1.03. The zero-order valence-electron chi connectivity index (χ0n) is 13.6. The van der Waals surface area contributed by atoms with Crippen LogP contribution < -0.4 is 20.3 Å². The zero-order chi connectivity index (χ0) is 19.1. The first-order valence-corrected chi connectivity index (χ1v) is 8.20. The van der Waals surface area contributed by atoms with E-state index in [4.69, 9.17) is 32.7 Å². The third-order valence-electron chi connectivity index (χ3n) is 3.09. The maximum absolute atomic E-state index is 13.5. The average Bonchev–Trinajstić information content (AvgIpc) is 2.60. The number of nitrogens with one attached hydrogen (secondary N) is 2. The summed E-state index contributed by atoms with van der Waals surface area (Å²) >= 11 is 11.7. The minimum atomic E-state index is -1.03. The molecule has 2 rings (SSSR count). The van der Waals surface area contributed by atoms with E-state index >= 15 is 0 Å². The molecular weight excluding hydrogens is 386 g/mol. The number of hydrogen-bond donors (Lipinski definition) is 2. The molecule has 6 nitrogen and oxygen atoms in total. The van der Waals surface area contributed by atoms with Crippen molar-refractivity contribution in [2.24, 2.45) is 0 Å². The van der Waals surface area contributed by atoms with Crippen LogP contribution in [-0.2, 0) is 9.59 Å². The zero-order valence-corrected chi connectivity index (χ0v) is 15.1. The summed E-state index contributed by atoms with van der Waals surface area (Å²) in [5.74, 6) is -1.67. The highest BCUT2D eigenvalue weighted by molar-refractivity contribution is 6.35. The van der Waals surface area contributed by atoms with Gasteiger partial charge in [-0.1, -0.05) is 35.3 Å². The lowest BCUT2D eigenvalue weighted by molar-refractivity contribution is -0.133. The summed E-state index contributed by atoms with van der Waals surface area (Å²) in [5.41, 5.74) is 4.32. The SMILES string of the molecule is CC(Oc1ccccc1F)C(=O)NNC(=O)COc1ccc(Cl)cc1Cl. The molecule has 0 saturated carbocycles. The fourth-order valence-corrected chi connectivity index (χ4v) is 2.25. The Hall–Kier alpha value is -2.51. The Kier molecular flexibility index (Phi) is 7.06. The van der Waals surface area contributed by atoms with Gasteiger partial charge in [0.25, 0.3) is 11.8 Å². The van der Waals surface area contributed by atoms with E-state index in [-0.39, 0.29) is 23.1 Å². The lowest BCUT2D eigenvalue weighted by atomic mass is 10.3. The average molecular weight is 401 g/mol. The molecule has 0 fully saturated rings. The number of halogens is 3. The molecule has 0 saturated heterocycles. The van der Waals surface area contributed by atoms with Crippen molar-refractivity contribution < 1.29 is 23.5 Å². The number of carbonyl (C=O) groups is 2. The lowest BCUT2D eigenvalue weighted by Gasteiger charge is -2.15. The van der Waals surface area contributed by atoms with E-state index in [1.165, 1.54) is 37.3 Å². The molecular formula is C17H15Cl2FN2O4. The van der Waals surface area contributed by atoms with Gasteiger partial charge in [0.15, 0.2) is 24.3 Å². The molecule has 0 aliphatic heterocycles.